The molecule has 0 aliphatic heterocycles. The zero-order valence-electron chi connectivity index (χ0n) is 16.8. The summed E-state index contributed by atoms with van der Waals surface area (Å²) in [7, 11) is 0. The summed E-state index contributed by atoms with van der Waals surface area (Å²) in [6.07, 6.45) is 6.42. The van der Waals surface area contributed by atoms with Gasteiger partial charge in [0, 0.05) is 29.3 Å². The van der Waals surface area contributed by atoms with Crippen molar-refractivity contribution in [1.29, 1.82) is 0 Å². The maximum absolute atomic E-state index is 10.8. The second-order valence-corrected chi connectivity index (χ2v) is 7.63. The zero-order valence-corrected chi connectivity index (χ0v) is 16.8. The number of hydrogen-bond donors (Lipinski definition) is 2. The van der Waals surface area contributed by atoms with Gasteiger partial charge in [0.1, 0.15) is 5.75 Å². The minimum Gasteiger partial charge on any atom is -0.506 e. The normalized spacial score (nSPS) is 14.8. The van der Waals surface area contributed by atoms with Crippen molar-refractivity contribution in [3.63, 3.8) is 0 Å². The summed E-state index contributed by atoms with van der Waals surface area (Å²) in [6.45, 7) is 5.38. The molecule has 6 heteroatoms. The third-order valence-corrected chi connectivity index (χ3v) is 5.68. The monoisotopic (exact) mass is 384 g/mol. The molecule has 1 fully saturated rings. The Morgan fingerprint density at radius 2 is 1.82 bits per heavy atom. The van der Waals surface area contributed by atoms with Crippen LogP contribution in [-0.4, -0.2) is 32.8 Å². The van der Waals surface area contributed by atoms with Gasteiger partial charge < -0.3 is 14.9 Å². The lowest BCUT2D eigenvalue weighted by atomic mass is 9.86. The molecule has 0 amide bonds. The van der Waals surface area contributed by atoms with Crippen LogP contribution in [0.1, 0.15) is 71.8 Å². The van der Waals surface area contributed by atoms with Gasteiger partial charge in [0.15, 0.2) is 6.61 Å². The summed E-state index contributed by atoms with van der Waals surface area (Å²) in [5.41, 5.74) is 5.46. The third-order valence-electron chi connectivity index (χ3n) is 5.68. The molecule has 0 spiro atoms. The summed E-state index contributed by atoms with van der Waals surface area (Å²) in [5, 5.41) is 19.1. The molecule has 2 N–H and O–H groups in total. The van der Waals surface area contributed by atoms with Crippen LogP contribution in [0.4, 0.5) is 0 Å². The summed E-state index contributed by atoms with van der Waals surface area (Å²) >= 11 is 0. The minimum absolute atomic E-state index is 0.288. The number of aromatic nitrogens is 2. The van der Waals surface area contributed by atoms with Gasteiger partial charge in [0.05, 0.1) is 5.69 Å². The van der Waals surface area contributed by atoms with Crippen LogP contribution in [-0.2, 0) is 11.2 Å². The van der Waals surface area contributed by atoms with Gasteiger partial charge in [-0.1, -0.05) is 19.3 Å². The van der Waals surface area contributed by atoms with Gasteiger partial charge in [0.25, 0.3) is 0 Å². The summed E-state index contributed by atoms with van der Waals surface area (Å²) < 4.78 is 5.32. The summed E-state index contributed by atoms with van der Waals surface area (Å²) in [6, 6.07) is 3.62. The van der Waals surface area contributed by atoms with Crippen molar-refractivity contribution < 1.29 is 19.7 Å². The molecule has 0 bridgehead atoms. The molecule has 2 aromatic rings. The SMILES string of the molecule is Cc1nc(OCC(=O)O)c(C)c(C)c1Cc1ccc(O)c(C2CCCCC2)n1. The molecule has 0 aromatic carbocycles. The molecule has 0 unspecified atom stereocenters. The fraction of sp³-hybridized carbons (Fsp3) is 0.500. The molecule has 1 saturated carbocycles. The lowest BCUT2D eigenvalue weighted by molar-refractivity contribution is -0.139. The standard InChI is InChI=1S/C22H28N2O4/c1-13-14(2)22(28-12-20(26)27)23-15(3)18(13)11-17-9-10-19(25)21(24-17)16-7-5-4-6-8-16/h9-10,16,25H,4-8,11-12H2,1-3H3,(H,26,27). The topological polar surface area (TPSA) is 92.5 Å². The Morgan fingerprint density at radius 3 is 2.50 bits per heavy atom. The Balaban J connectivity index is 1.87. The van der Waals surface area contributed by atoms with Crippen LogP contribution in [0.25, 0.3) is 0 Å². The number of ether oxygens (including phenoxy) is 1. The highest BCUT2D eigenvalue weighted by molar-refractivity contribution is 5.68. The molecule has 28 heavy (non-hydrogen) atoms. The van der Waals surface area contributed by atoms with Crippen molar-refractivity contribution in [2.45, 2.75) is 65.2 Å². The van der Waals surface area contributed by atoms with Crippen LogP contribution < -0.4 is 4.74 Å². The first-order chi connectivity index (χ1) is 13.4. The number of aryl methyl sites for hydroxylation is 1. The van der Waals surface area contributed by atoms with Crippen molar-refractivity contribution in [3.05, 3.63) is 45.9 Å². The van der Waals surface area contributed by atoms with E-state index in [2.05, 4.69) is 4.98 Å². The number of carbonyl (C=O) groups is 1. The molecule has 2 heterocycles. The number of aliphatic carboxylic acids is 1. The number of carboxylic acids is 1. The largest absolute Gasteiger partial charge is 0.506 e. The molecule has 1 aliphatic rings. The molecule has 2 aromatic heterocycles. The Hall–Kier alpha value is -2.63. The van der Waals surface area contributed by atoms with Gasteiger partial charge in [-0.05, 0) is 56.9 Å². The Kier molecular flexibility index (Phi) is 6.17. The highest BCUT2D eigenvalue weighted by Crippen LogP contribution is 2.36. The molecular weight excluding hydrogens is 356 g/mol. The zero-order chi connectivity index (χ0) is 20.3. The fourth-order valence-electron chi connectivity index (χ4n) is 3.96. The molecule has 0 radical (unpaired) electrons. The number of rotatable bonds is 6. The van der Waals surface area contributed by atoms with Crippen LogP contribution in [0.3, 0.4) is 0 Å². The number of carboxylic acid groups (broad SMARTS) is 1. The second-order valence-electron chi connectivity index (χ2n) is 7.63. The smallest absolute Gasteiger partial charge is 0.341 e. The molecule has 150 valence electrons. The van der Waals surface area contributed by atoms with Gasteiger partial charge >= 0.3 is 5.97 Å². The van der Waals surface area contributed by atoms with Crippen LogP contribution >= 0.6 is 0 Å². The van der Waals surface area contributed by atoms with E-state index in [1.807, 2.05) is 26.8 Å². The Labute approximate surface area is 165 Å². The summed E-state index contributed by atoms with van der Waals surface area (Å²) in [5.74, 6) is -0.0369. The second kappa shape index (κ2) is 8.59. The minimum atomic E-state index is -1.02. The Bertz CT molecular complexity index is 873. The van der Waals surface area contributed by atoms with Crippen LogP contribution in [0.15, 0.2) is 12.1 Å². The molecule has 6 nitrogen and oxygen atoms in total. The first-order valence-corrected chi connectivity index (χ1v) is 9.87. The van der Waals surface area contributed by atoms with Gasteiger partial charge in [0.2, 0.25) is 5.88 Å². The van der Waals surface area contributed by atoms with Crippen LogP contribution in [0.2, 0.25) is 0 Å². The predicted molar refractivity (Wildman–Crippen MR) is 106 cm³/mol. The fourth-order valence-corrected chi connectivity index (χ4v) is 3.96. The maximum atomic E-state index is 10.8. The molecular formula is C22H28N2O4. The van der Waals surface area contributed by atoms with Gasteiger partial charge in [-0.15, -0.1) is 0 Å². The molecule has 1 aliphatic carbocycles. The van der Waals surface area contributed by atoms with Gasteiger partial charge in [-0.25, -0.2) is 9.78 Å². The highest BCUT2D eigenvalue weighted by atomic mass is 16.5. The average Bonchev–Trinajstić information content (AvgIpc) is 2.68. The molecule has 0 saturated heterocycles. The van der Waals surface area contributed by atoms with Crippen LogP contribution in [0.5, 0.6) is 11.6 Å². The molecule has 3 rings (SSSR count). The summed E-state index contributed by atoms with van der Waals surface area (Å²) in [4.78, 5) is 20.0. The van der Waals surface area contributed by atoms with Crippen molar-refractivity contribution in [2.75, 3.05) is 6.61 Å². The number of aromatic hydroxyl groups is 1. The van der Waals surface area contributed by atoms with Gasteiger partial charge in [-0.2, -0.15) is 0 Å². The van der Waals surface area contributed by atoms with Crippen molar-refractivity contribution in [3.8, 4) is 11.6 Å². The van der Waals surface area contributed by atoms with E-state index < -0.39 is 12.6 Å². The number of nitrogens with zero attached hydrogens (tertiary/aromatic N) is 2. The van der Waals surface area contributed by atoms with Crippen LogP contribution in [0, 0.1) is 20.8 Å². The quantitative estimate of drug-likeness (QED) is 0.775. The van der Waals surface area contributed by atoms with Crippen molar-refractivity contribution in [2.24, 2.45) is 0 Å². The van der Waals surface area contributed by atoms with E-state index in [-0.39, 0.29) is 5.75 Å². The number of hydrogen-bond acceptors (Lipinski definition) is 5. The van der Waals surface area contributed by atoms with E-state index in [4.69, 9.17) is 14.8 Å². The number of pyridine rings is 2. The van der Waals surface area contributed by atoms with E-state index in [0.717, 1.165) is 46.6 Å². The Morgan fingerprint density at radius 1 is 1.11 bits per heavy atom. The average molecular weight is 384 g/mol. The first-order valence-electron chi connectivity index (χ1n) is 9.87. The highest BCUT2D eigenvalue weighted by Gasteiger charge is 2.21. The lowest BCUT2D eigenvalue weighted by Gasteiger charge is -2.22. The van der Waals surface area contributed by atoms with Crippen molar-refractivity contribution >= 4 is 5.97 Å². The van der Waals surface area contributed by atoms with Crippen molar-refractivity contribution in [1.82, 2.24) is 9.97 Å². The lowest BCUT2D eigenvalue weighted by Crippen LogP contribution is -2.13. The first kappa shape index (κ1) is 20.1. The van der Waals surface area contributed by atoms with E-state index in [1.54, 1.807) is 6.07 Å². The van der Waals surface area contributed by atoms with Gasteiger partial charge in [-0.3, -0.25) is 4.98 Å². The maximum Gasteiger partial charge on any atom is 0.341 e. The van der Waals surface area contributed by atoms with E-state index >= 15 is 0 Å². The van der Waals surface area contributed by atoms with E-state index in [9.17, 15) is 9.90 Å². The third kappa shape index (κ3) is 4.43. The van der Waals surface area contributed by atoms with E-state index in [1.165, 1.54) is 19.3 Å². The van der Waals surface area contributed by atoms with E-state index in [0.29, 0.717) is 18.2 Å². The predicted octanol–water partition coefficient (Wildman–Crippen LogP) is 4.21. The molecule has 0 atom stereocenters.